The van der Waals surface area contributed by atoms with Gasteiger partial charge >= 0.3 is 0 Å². The molecular formula is C27H28N6O4. The van der Waals surface area contributed by atoms with Crippen molar-refractivity contribution in [1.82, 2.24) is 19.1 Å². The molecule has 10 nitrogen and oxygen atoms in total. The van der Waals surface area contributed by atoms with E-state index in [4.69, 9.17) is 9.72 Å². The Hall–Kier alpha value is -4.18. The van der Waals surface area contributed by atoms with E-state index in [0.717, 1.165) is 42.3 Å². The van der Waals surface area contributed by atoms with Gasteiger partial charge in [-0.1, -0.05) is 0 Å². The number of aliphatic hydroxyl groups is 1. The molecule has 1 amide bonds. The van der Waals surface area contributed by atoms with Crippen molar-refractivity contribution >= 4 is 34.4 Å². The normalized spacial score (nSPS) is 18.9. The quantitative estimate of drug-likeness (QED) is 0.348. The Kier molecular flexibility index (Phi) is 5.68. The smallest absolute Gasteiger partial charge is 0.274 e. The zero-order valence-electron chi connectivity index (χ0n) is 20.6. The maximum atomic E-state index is 13.3. The summed E-state index contributed by atoms with van der Waals surface area (Å²) in [7, 11) is 1.88. The minimum absolute atomic E-state index is 0.156. The molecule has 10 heteroatoms. The van der Waals surface area contributed by atoms with Gasteiger partial charge in [-0.15, -0.1) is 0 Å². The standard InChI is InChI=1S/C27H28N6O4/c1-15(34)29-25-13-19(9-10-28-25)37-18-5-6-20-23(12-18)32(2)27(30-20)31-21-11-17(16-3-4-16)14-33(26(21)36)22-7-8-24(22)35/h5-6,9-14,16,22,24,35H,3-4,7-8H2,1-2H3,(H,30,31)(H,28,29,34)/t22-,24-/m1/s1. The number of hydrogen-bond acceptors (Lipinski definition) is 7. The van der Waals surface area contributed by atoms with Gasteiger partial charge in [-0.25, -0.2) is 9.97 Å². The van der Waals surface area contributed by atoms with Crippen LogP contribution in [0.2, 0.25) is 0 Å². The Morgan fingerprint density at radius 1 is 1.11 bits per heavy atom. The van der Waals surface area contributed by atoms with E-state index in [2.05, 4.69) is 15.6 Å². The molecular weight excluding hydrogens is 472 g/mol. The van der Waals surface area contributed by atoms with Crippen LogP contribution >= 0.6 is 0 Å². The number of nitrogens with one attached hydrogen (secondary N) is 2. The molecule has 4 aromatic rings. The first-order valence-electron chi connectivity index (χ1n) is 12.4. The summed E-state index contributed by atoms with van der Waals surface area (Å²) < 4.78 is 9.58. The lowest BCUT2D eigenvalue weighted by molar-refractivity contribution is -0.114. The van der Waals surface area contributed by atoms with Gasteiger partial charge in [-0.3, -0.25) is 9.59 Å². The number of aryl methyl sites for hydroxylation is 1. The number of carbonyl (C=O) groups excluding carboxylic acids is 1. The number of imidazole rings is 1. The Balaban J connectivity index is 1.29. The van der Waals surface area contributed by atoms with Crippen molar-refractivity contribution in [2.24, 2.45) is 7.05 Å². The lowest BCUT2D eigenvalue weighted by Gasteiger charge is -2.34. The van der Waals surface area contributed by atoms with Crippen molar-refractivity contribution < 1.29 is 14.6 Å². The van der Waals surface area contributed by atoms with Crippen LogP contribution in [0.5, 0.6) is 11.5 Å². The average molecular weight is 501 g/mol. The van der Waals surface area contributed by atoms with Gasteiger partial charge in [0.25, 0.3) is 5.56 Å². The molecule has 1 aromatic carbocycles. The number of rotatable bonds is 7. The largest absolute Gasteiger partial charge is 0.457 e. The first kappa shape index (κ1) is 23.2. The van der Waals surface area contributed by atoms with Crippen molar-refractivity contribution in [1.29, 1.82) is 0 Å². The molecule has 0 unspecified atom stereocenters. The van der Waals surface area contributed by atoms with Gasteiger partial charge < -0.3 is 29.6 Å². The molecule has 0 spiro atoms. The van der Waals surface area contributed by atoms with Gasteiger partial charge in [0, 0.05) is 38.5 Å². The number of hydrogen-bond donors (Lipinski definition) is 3. The lowest BCUT2D eigenvalue weighted by atomic mass is 9.88. The first-order valence-corrected chi connectivity index (χ1v) is 12.4. The third kappa shape index (κ3) is 4.55. The predicted molar refractivity (Wildman–Crippen MR) is 140 cm³/mol. The Morgan fingerprint density at radius 2 is 1.92 bits per heavy atom. The van der Waals surface area contributed by atoms with Gasteiger partial charge in [0.05, 0.1) is 23.2 Å². The highest BCUT2D eigenvalue weighted by molar-refractivity contribution is 5.87. The van der Waals surface area contributed by atoms with Crippen LogP contribution in [-0.4, -0.2) is 36.2 Å². The number of anilines is 3. The first-order chi connectivity index (χ1) is 17.9. The molecule has 3 heterocycles. The van der Waals surface area contributed by atoms with Crippen LogP contribution in [0.4, 0.5) is 17.5 Å². The molecule has 2 fully saturated rings. The fourth-order valence-electron chi connectivity index (χ4n) is 4.71. The highest BCUT2D eigenvalue weighted by Gasteiger charge is 2.33. The summed E-state index contributed by atoms with van der Waals surface area (Å²) in [5.74, 6) is 2.33. The zero-order valence-corrected chi connectivity index (χ0v) is 20.6. The van der Waals surface area contributed by atoms with Crippen LogP contribution in [0.1, 0.15) is 50.1 Å². The van der Waals surface area contributed by atoms with Crippen molar-refractivity contribution in [2.75, 3.05) is 10.6 Å². The summed E-state index contributed by atoms with van der Waals surface area (Å²) in [6.07, 6.45) is 6.75. The maximum absolute atomic E-state index is 13.3. The molecule has 190 valence electrons. The topological polar surface area (TPSA) is 123 Å². The van der Waals surface area contributed by atoms with E-state index in [1.165, 1.54) is 6.92 Å². The highest BCUT2D eigenvalue weighted by atomic mass is 16.5. The molecule has 2 aliphatic rings. The van der Waals surface area contributed by atoms with Crippen LogP contribution in [0.25, 0.3) is 11.0 Å². The number of pyridine rings is 2. The highest BCUT2D eigenvalue weighted by Crippen LogP contribution is 2.41. The van der Waals surface area contributed by atoms with Gasteiger partial charge in [-0.2, -0.15) is 0 Å². The predicted octanol–water partition coefficient (Wildman–Crippen LogP) is 4.20. The molecule has 3 aromatic heterocycles. The minimum Gasteiger partial charge on any atom is -0.457 e. The Morgan fingerprint density at radius 3 is 2.62 bits per heavy atom. The van der Waals surface area contributed by atoms with E-state index < -0.39 is 6.10 Å². The van der Waals surface area contributed by atoms with Crippen LogP contribution in [0.3, 0.4) is 0 Å². The van der Waals surface area contributed by atoms with E-state index in [9.17, 15) is 14.7 Å². The number of nitrogens with zero attached hydrogens (tertiary/aromatic N) is 4. The fourth-order valence-corrected chi connectivity index (χ4v) is 4.71. The van der Waals surface area contributed by atoms with Crippen molar-refractivity contribution in [2.45, 2.75) is 50.7 Å². The monoisotopic (exact) mass is 500 g/mol. The lowest BCUT2D eigenvalue weighted by Crippen LogP contribution is -2.39. The number of aliphatic hydroxyl groups excluding tert-OH is 1. The second-order valence-electron chi connectivity index (χ2n) is 9.82. The third-order valence-electron chi connectivity index (χ3n) is 7.04. The van der Waals surface area contributed by atoms with Crippen LogP contribution in [-0.2, 0) is 11.8 Å². The van der Waals surface area contributed by atoms with E-state index in [1.807, 2.05) is 42.1 Å². The van der Waals surface area contributed by atoms with Crippen LogP contribution < -0.4 is 20.9 Å². The van der Waals surface area contributed by atoms with E-state index >= 15 is 0 Å². The number of carbonyl (C=O) groups is 1. The fraction of sp³-hybridized carbons (Fsp3) is 0.333. The third-order valence-corrected chi connectivity index (χ3v) is 7.04. The van der Waals surface area contributed by atoms with Gasteiger partial charge in [-0.05, 0) is 61.4 Å². The number of fused-ring (bicyclic) bond motifs is 1. The van der Waals surface area contributed by atoms with Crippen LogP contribution in [0, 0.1) is 0 Å². The van der Waals surface area contributed by atoms with E-state index in [-0.39, 0.29) is 17.5 Å². The summed E-state index contributed by atoms with van der Waals surface area (Å²) in [6.45, 7) is 1.42. The second-order valence-corrected chi connectivity index (χ2v) is 9.82. The average Bonchev–Trinajstić information content (AvgIpc) is 3.66. The zero-order chi connectivity index (χ0) is 25.7. The van der Waals surface area contributed by atoms with E-state index in [1.54, 1.807) is 22.9 Å². The second kappa shape index (κ2) is 9.04. The van der Waals surface area contributed by atoms with Crippen molar-refractivity contribution in [3.63, 3.8) is 0 Å². The summed E-state index contributed by atoms with van der Waals surface area (Å²) >= 11 is 0. The van der Waals surface area contributed by atoms with Crippen LogP contribution in [0.15, 0.2) is 53.6 Å². The number of ether oxygens (including phenoxy) is 1. The van der Waals surface area contributed by atoms with Gasteiger partial charge in [0.2, 0.25) is 11.9 Å². The molecule has 3 N–H and O–H groups in total. The molecule has 2 aliphatic carbocycles. The van der Waals surface area contributed by atoms with Gasteiger partial charge in [0.1, 0.15) is 23.0 Å². The number of amides is 1. The number of benzene rings is 1. The molecule has 0 saturated heterocycles. The molecule has 0 bridgehead atoms. The Labute approximate surface area is 212 Å². The molecule has 2 saturated carbocycles. The van der Waals surface area contributed by atoms with Crippen molar-refractivity contribution in [3.8, 4) is 11.5 Å². The molecule has 6 rings (SSSR count). The summed E-state index contributed by atoms with van der Waals surface area (Å²) in [4.78, 5) is 33.5. The molecule has 37 heavy (non-hydrogen) atoms. The SMILES string of the molecule is CC(=O)Nc1cc(Oc2ccc3nc(Nc4cc(C5CC5)cn([C@@H]5CC[C@H]5O)c4=O)n(C)c3c2)ccn1. The summed E-state index contributed by atoms with van der Waals surface area (Å²) in [5, 5.41) is 16.1. The molecule has 2 atom stereocenters. The molecule has 0 radical (unpaired) electrons. The Bertz CT molecular complexity index is 1570. The maximum Gasteiger partial charge on any atom is 0.274 e. The van der Waals surface area contributed by atoms with Crippen molar-refractivity contribution in [3.05, 3.63) is 64.7 Å². The summed E-state index contributed by atoms with van der Waals surface area (Å²) in [6, 6.07) is 10.7. The minimum atomic E-state index is -0.483. The van der Waals surface area contributed by atoms with Gasteiger partial charge in [0.15, 0.2) is 0 Å². The van der Waals surface area contributed by atoms with E-state index in [0.29, 0.717) is 34.9 Å². The summed E-state index contributed by atoms with van der Waals surface area (Å²) in [5.41, 5.74) is 2.99. The number of aromatic nitrogens is 4. The molecule has 0 aliphatic heterocycles.